The molecule has 3 fully saturated rings. The number of nitrogens with one attached hydrogen (secondary N) is 2. The van der Waals surface area contributed by atoms with Crippen LogP contribution < -0.4 is 10.6 Å². The number of likely N-dealkylation sites (tertiary alicyclic amines) is 1. The Labute approximate surface area is 265 Å². The first kappa shape index (κ1) is 32.2. The number of carbonyl (C=O) groups excluding carboxylic acids is 2. The lowest BCUT2D eigenvalue weighted by Crippen LogP contribution is -2.58. The minimum atomic E-state index is -4.12. The minimum absolute atomic E-state index is 0.0238. The Kier molecular flexibility index (Phi) is 11.0. The van der Waals surface area contributed by atoms with Gasteiger partial charge in [-0.1, -0.05) is 53.5 Å². The van der Waals surface area contributed by atoms with Crippen molar-refractivity contribution in [2.75, 3.05) is 32.7 Å². The van der Waals surface area contributed by atoms with Crippen molar-refractivity contribution in [3.8, 4) is 0 Å². The van der Waals surface area contributed by atoms with E-state index in [9.17, 15) is 18.0 Å². The minimum Gasteiger partial charge on any atom is -0.356 e. The Morgan fingerprint density at radius 2 is 1.72 bits per heavy atom. The van der Waals surface area contributed by atoms with Crippen molar-refractivity contribution in [2.24, 2.45) is 11.8 Å². The highest BCUT2D eigenvalue weighted by Gasteiger charge is 2.40. The normalized spacial score (nSPS) is 24.4. The number of hydrogen-bond acceptors (Lipinski definition) is 5. The number of rotatable bonds is 11. The third-order valence-corrected chi connectivity index (χ3v) is 12.0. The average molecular weight is 650 g/mol. The second-order valence-corrected chi connectivity index (χ2v) is 14.8. The molecular formula is C32H42Cl2N4O4S. The molecule has 5 rings (SSSR count). The topological polar surface area (TPSA) is 98.8 Å². The van der Waals surface area contributed by atoms with Crippen LogP contribution >= 0.6 is 23.2 Å². The molecule has 0 aromatic heterocycles. The summed E-state index contributed by atoms with van der Waals surface area (Å²) in [6.45, 7) is 3.14. The Hall–Kier alpha value is -2.17. The van der Waals surface area contributed by atoms with Gasteiger partial charge in [0.2, 0.25) is 21.8 Å². The van der Waals surface area contributed by atoms with Crippen LogP contribution in [0.4, 0.5) is 0 Å². The second-order valence-electron chi connectivity index (χ2n) is 12.1. The van der Waals surface area contributed by atoms with Crippen molar-refractivity contribution in [2.45, 2.75) is 74.8 Å². The number of carbonyl (C=O) groups is 2. The lowest BCUT2D eigenvalue weighted by atomic mass is 9.76. The molecular weight excluding hydrogens is 607 g/mol. The maximum absolute atomic E-state index is 13.5. The standard InChI is InChI=1S/C32H42Cl2N4O4S/c33-26-13-15-30(27(34)20-26)43(41,42)38-19-16-35-32(40)29(38)21-31(39)36-22-24-8-11-25(12-9-24)28(37-17-4-5-18-37)14-10-23-6-2-1-3-7-23/h1-3,6-7,13,15,20,24-25,28-29H,4-5,8-12,14,16-19,21-22H2,(H,35,40)(H,36,39). The predicted molar refractivity (Wildman–Crippen MR) is 170 cm³/mol. The number of aryl methyl sites for hydroxylation is 1. The Morgan fingerprint density at radius 1 is 1.00 bits per heavy atom. The van der Waals surface area contributed by atoms with Gasteiger partial charge in [-0.3, -0.25) is 9.59 Å². The molecule has 43 heavy (non-hydrogen) atoms. The van der Waals surface area contributed by atoms with Gasteiger partial charge < -0.3 is 15.5 Å². The summed E-state index contributed by atoms with van der Waals surface area (Å²) < 4.78 is 28.0. The van der Waals surface area contributed by atoms with Crippen LogP contribution in [0.3, 0.4) is 0 Å². The van der Waals surface area contributed by atoms with E-state index in [1.54, 1.807) is 0 Å². The lowest BCUT2D eigenvalue weighted by Gasteiger charge is -2.39. The Bertz CT molecular complexity index is 1360. The second kappa shape index (κ2) is 14.7. The van der Waals surface area contributed by atoms with Crippen molar-refractivity contribution in [1.29, 1.82) is 0 Å². The van der Waals surface area contributed by atoms with Gasteiger partial charge in [-0.05, 0) is 100 Å². The molecule has 2 N–H and O–H groups in total. The van der Waals surface area contributed by atoms with Crippen LogP contribution in [-0.2, 0) is 26.0 Å². The fraction of sp³-hybridized carbons (Fsp3) is 0.562. The summed E-state index contributed by atoms with van der Waals surface area (Å²) in [5, 5.41) is 5.98. The first-order chi connectivity index (χ1) is 20.7. The van der Waals surface area contributed by atoms with E-state index < -0.39 is 22.0 Å². The monoisotopic (exact) mass is 648 g/mol. The largest absolute Gasteiger partial charge is 0.356 e. The number of amides is 2. The zero-order valence-corrected chi connectivity index (χ0v) is 26.8. The summed E-state index contributed by atoms with van der Waals surface area (Å²) in [7, 11) is -4.12. The molecule has 1 saturated carbocycles. The molecule has 0 bridgehead atoms. The SMILES string of the molecule is O=C(CC1C(=O)NCCN1S(=O)(=O)c1ccc(Cl)cc1Cl)NCC1CCC(C(CCc2ccccc2)N2CCCC2)CC1. The molecule has 0 spiro atoms. The van der Waals surface area contributed by atoms with E-state index in [0.29, 0.717) is 29.4 Å². The van der Waals surface area contributed by atoms with Gasteiger partial charge in [0.05, 0.1) is 11.4 Å². The Balaban J connectivity index is 1.14. The molecule has 2 aromatic carbocycles. The molecule has 234 valence electrons. The van der Waals surface area contributed by atoms with E-state index in [1.807, 2.05) is 0 Å². The summed E-state index contributed by atoms with van der Waals surface area (Å²) in [4.78, 5) is 28.4. The number of sulfonamides is 1. The van der Waals surface area contributed by atoms with Gasteiger partial charge in [-0.25, -0.2) is 8.42 Å². The van der Waals surface area contributed by atoms with Crippen LogP contribution in [0.15, 0.2) is 53.4 Å². The first-order valence-corrected chi connectivity index (χ1v) is 17.7. The highest BCUT2D eigenvalue weighted by atomic mass is 35.5. The molecule has 2 saturated heterocycles. The smallest absolute Gasteiger partial charge is 0.245 e. The van der Waals surface area contributed by atoms with E-state index in [0.717, 1.165) is 36.4 Å². The molecule has 1 aliphatic carbocycles. The third kappa shape index (κ3) is 8.11. The lowest BCUT2D eigenvalue weighted by molar-refractivity contribution is -0.131. The Morgan fingerprint density at radius 3 is 2.42 bits per heavy atom. The van der Waals surface area contributed by atoms with Crippen LogP contribution in [0.5, 0.6) is 0 Å². The maximum Gasteiger partial charge on any atom is 0.245 e. The number of piperazine rings is 1. The van der Waals surface area contributed by atoms with Gasteiger partial charge in [0.1, 0.15) is 10.9 Å². The number of halogens is 2. The first-order valence-electron chi connectivity index (χ1n) is 15.5. The van der Waals surface area contributed by atoms with Crippen LogP contribution in [0.2, 0.25) is 10.0 Å². The summed E-state index contributed by atoms with van der Waals surface area (Å²) in [6.07, 6.45) is 9.01. The van der Waals surface area contributed by atoms with Crippen molar-refractivity contribution in [3.05, 3.63) is 64.1 Å². The van der Waals surface area contributed by atoms with E-state index in [2.05, 4.69) is 45.9 Å². The summed E-state index contributed by atoms with van der Waals surface area (Å²) in [5.74, 6) is 0.225. The zero-order valence-electron chi connectivity index (χ0n) is 24.5. The van der Waals surface area contributed by atoms with E-state index in [4.69, 9.17) is 23.2 Å². The molecule has 11 heteroatoms. The van der Waals surface area contributed by atoms with Crippen molar-refractivity contribution < 1.29 is 18.0 Å². The fourth-order valence-corrected chi connectivity index (χ4v) is 9.35. The third-order valence-electron chi connectivity index (χ3n) is 9.35. The highest BCUT2D eigenvalue weighted by molar-refractivity contribution is 7.89. The van der Waals surface area contributed by atoms with E-state index >= 15 is 0 Å². The molecule has 3 aliphatic rings. The average Bonchev–Trinajstić information content (AvgIpc) is 3.53. The molecule has 2 amide bonds. The summed E-state index contributed by atoms with van der Waals surface area (Å²) in [5.41, 5.74) is 1.40. The van der Waals surface area contributed by atoms with Crippen LogP contribution in [0.25, 0.3) is 0 Å². The maximum atomic E-state index is 13.5. The van der Waals surface area contributed by atoms with E-state index in [-0.39, 0.29) is 35.3 Å². The van der Waals surface area contributed by atoms with E-state index in [1.165, 1.54) is 56.1 Å². The van der Waals surface area contributed by atoms with Crippen LogP contribution in [0, 0.1) is 11.8 Å². The summed E-state index contributed by atoms with van der Waals surface area (Å²) >= 11 is 12.1. The number of nitrogens with zero attached hydrogens (tertiary/aromatic N) is 2. The van der Waals surface area contributed by atoms with Crippen LogP contribution in [0.1, 0.15) is 56.9 Å². The molecule has 2 unspecified atom stereocenters. The molecule has 8 nitrogen and oxygen atoms in total. The molecule has 2 atom stereocenters. The van der Waals surface area contributed by atoms with Crippen molar-refractivity contribution in [3.63, 3.8) is 0 Å². The van der Waals surface area contributed by atoms with Gasteiger partial charge in [0.25, 0.3) is 0 Å². The van der Waals surface area contributed by atoms with Crippen LogP contribution in [-0.4, -0.2) is 74.2 Å². The fourth-order valence-electron chi connectivity index (χ4n) is 7.02. The van der Waals surface area contributed by atoms with Gasteiger partial charge in [0.15, 0.2) is 0 Å². The van der Waals surface area contributed by atoms with Gasteiger partial charge in [0, 0.05) is 30.7 Å². The number of hydrogen-bond donors (Lipinski definition) is 2. The van der Waals surface area contributed by atoms with Gasteiger partial charge >= 0.3 is 0 Å². The predicted octanol–water partition coefficient (Wildman–Crippen LogP) is 4.89. The van der Waals surface area contributed by atoms with Crippen molar-refractivity contribution in [1.82, 2.24) is 19.8 Å². The number of benzene rings is 2. The quantitative estimate of drug-likeness (QED) is 0.361. The molecule has 2 heterocycles. The van der Waals surface area contributed by atoms with Gasteiger partial charge in [-0.15, -0.1) is 0 Å². The van der Waals surface area contributed by atoms with Gasteiger partial charge in [-0.2, -0.15) is 4.31 Å². The van der Waals surface area contributed by atoms with Crippen molar-refractivity contribution >= 4 is 45.0 Å². The molecule has 2 aromatic rings. The zero-order chi connectivity index (χ0) is 30.4. The molecule has 0 radical (unpaired) electrons. The summed E-state index contributed by atoms with van der Waals surface area (Å²) in [6, 6.07) is 14.3. The molecule has 2 aliphatic heterocycles. The highest BCUT2D eigenvalue weighted by Crippen LogP contribution is 2.36.